The number of hydrogen-bond donors (Lipinski definition) is 0. The Labute approximate surface area is 699 Å². The van der Waals surface area contributed by atoms with Crippen molar-refractivity contribution in [2.24, 2.45) is 0 Å². The Morgan fingerprint density at radius 2 is 0.538 bits per heavy atom. The van der Waals surface area contributed by atoms with Crippen LogP contribution in [0.5, 0.6) is 0 Å². The van der Waals surface area contributed by atoms with Crippen LogP contribution in [0.1, 0.15) is 168 Å². The average Bonchev–Trinajstić information content (AvgIpc) is 0.831. The molecule has 5 aromatic carbocycles. The average molecular weight is 1800 g/mol. The van der Waals surface area contributed by atoms with Gasteiger partial charge in [-0.2, -0.15) is 9.13 Å². The minimum absolute atomic E-state index is 0. The molecule has 11 aromatic rings. The number of para-hydroxylation sites is 2. The zero-order valence-corrected chi connectivity index (χ0v) is 73.0. The summed E-state index contributed by atoms with van der Waals surface area (Å²) < 4.78 is 13.8. The first-order chi connectivity index (χ1) is 48.9. The minimum Gasteiger partial charge on any atom is -1.00 e. The van der Waals surface area contributed by atoms with Gasteiger partial charge in [0, 0.05) is 168 Å². The van der Waals surface area contributed by atoms with Gasteiger partial charge in [-0.1, -0.05) is 108 Å². The minimum atomic E-state index is 0. The summed E-state index contributed by atoms with van der Waals surface area (Å²) in [6, 6.07) is 60.2. The summed E-state index contributed by atoms with van der Waals surface area (Å²) in [5.41, 5.74) is 20.6. The summed E-state index contributed by atoms with van der Waals surface area (Å²) in [5, 5.41) is 2.55. The third kappa shape index (κ3) is 32.6. The molecule has 0 N–H and O–H groups in total. The van der Waals surface area contributed by atoms with Crippen molar-refractivity contribution in [3.05, 3.63) is 310 Å². The summed E-state index contributed by atoms with van der Waals surface area (Å²) in [6.07, 6.45) is 39.8. The number of unbranched alkanes of at least 4 members (excludes halogenated alkanes) is 8. The molecule has 11 rings (SSSR count). The first kappa shape index (κ1) is 92.8. The normalized spacial score (nSPS) is 9.96. The smallest absolute Gasteiger partial charge is 0.212 e. The van der Waals surface area contributed by atoms with Crippen molar-refractivity contribution in [3.63, 3.8) is 0 Å². The van der Waals surface area contributed by atoms with Gasteiger partial charge in [-0.3, -0.25) is 0 Å². The third-order valence-corrected chi connectivity index (χ3v) is 18.8. The Morgan fingerprint density at radius 3 is 0.868 bits per heavy atom. The molecule has 0 aliphatic rings. The maximum atomic E-state index is 3.34. The fourth-order valence-electron chi connectivity index (χ4n) is 12.2. The van der Waals surface area contributed by atoms with Crippen molar-refractivity contribution >= 4 is 21.8 Å². The van der Waals surface area contributed by atoms with Gasteiger partial charge in [0.25, 0.3) is 0 Å². The molecular weight excluding hydrogens is 1690 g/mol. The van der Waals surface area contributed by atoms with Crippen LogP contribution in [0.25, 0.3) is 21.8 Å². The van der Waals surface area contributed by atoms with Gasteiger partial charge in [0.2, 0.25) is 11.0 Å². The lowest BCUT2D eigenvalue weighted by Crippen LogP contribution is -3.00. The fraction of sp³-hybridized carbons (Fsp3) is 0.319. The number of hydrogen-bond acceptors (Lipinski definition) is 0. The molecule has 12 heteroatoms. The second kappa shape index (κ2) is 51.8. The second-order valence-electron chi connectivity index (χ2n) is 26.9. The van der Waals surface area contributed by atoms with E-state index < -0.39 is 0 Å². The van der Waals surface area contributed by atoms with Crippen LogP contribution in [0.3, 0.4) is 0 Å². The zero-order valence-electron chi connectivity index (χ0n) is 63.4. The van der Waals surface area contributed by atoms with E-state index >= 15 is 0 Å². The molecule has 6 nitrogen and oxygen atoms in total. The molecule has 0 saturated heterocycles. The van der Waals surface area contributed by atoms with Crippen molar-refractivity contribution in [3.8, 4) is 47.4 Å². The molecule has 6 heterocycles. The predicted octanol–water partition coefficient (Wildman–Crippen LogP) is -0.264. The highest BCUT2D eigenvalue weighted by Crippen LogP contribution is 2.16. The second-order valence-corrected chi connectivity index (χ2v) is 26.9. The van der Waals surface area contributed by atoms with Gasteiger partial charge in [0.05, 0.1) is 0 Å². The number of nitrogens with zero attached hydrogens (tertiary/aromatic N) is 6. The molecule has 0 saturated carbocycles. The zero-order chi connectivity index (χ0) is 69.9. The van der Waals surface area contributed by atoms with E-state index in [1.165, 1.54) is 129 Å². The van der Waals surface area contributed by atoms with Gasteiger partial charge in [0.1, 0.15) is 39.3 Å². The molecule has 0 unspecified atom stereocenters. The summed E-state index contributed by atoms with van der Waals surface area (Å²) in [6.45, 7) is 23.6. The molecule has 0 amide bonds. The van der Waals surface area contributed by atoms with E-state index in [0.717, 1.165) is 113 Å². The van der Waals surface area contributed by atoms with Crippen molar-refractivity contribution < 1.29 is 129 Å². The van der Waals surface area contributed by atoms with Crippen LogP contribution in [-0.2, 0) is 52.1 Å². The van der Waals surface area contributed by atoms with Gasteiger partial charge >= 0.3 is 0 Å². The van der Waals surface area contributed by atoms with Gasteiger partial charge in [-0.15, -0.1) is 0 Å². The summed E-state index contributed by atoms with van der Waals surface area (Å²) >= 11 is 0. The van der Waals surface area contributed by atoms with Crippen molar-refractivity contribution in [1.29, 1.82) is 0 Å². The number of halogens is 6. The first-order valence-corrected chi connectivity index (χ1v) is 36.7. The Balaban J connectivity index is 0.000000402. The molecule has 0 atom stereocenters. The maximum Gasteiger partial charge on any atom is 0.212 e. The Hall–Kier alpha value is -7.36. The van der Waals surface area contributed by atoms with Gasteiger partial charge in [-0.05, 0) is 188 Å². The monoisotopic (exact) mass is 1790 g/mol. The molecule has 0 spiro atoms. The molecular formula is C94H106Br6N6. The lowest BCUT2D eigenvalue weighted by Gasteiger charge is -2.06. The van der Waals surface area contributed by atoms with E-state index in [1.54, 1.807) is 0 Å². The van der Waals surface area contributed by atoms with E-state index in [4.69, 9.17) is 0 Å². The van der Waals surface area contributed by atoms with Crippen LogP contribution in [0, 0.1) is 103 Å². The lowest BCUT2D eigenvalue weighted by molar-refractivity contribution is -0.697. The van der Waals surface area contributed by atoms with Crippen LogP contribution in [0.4, 0.5) is 0 Å². The maximum absolute atomic E-state index is 3.34. The predicted molar refractivity (Wildman–Crippen MR) is 412 cm³/mol. The highest BCUT2D eigenvalue weighted by atomic mass is 79.9. The molecule has 106 heavy (non-hydrogen) atoms. The number of benzene rings is 5. The van der Waals surface area contributed by atoms with Crippen LogP contribution in [0.2, 0.25) is 0 Å². The lowest BCUT2D eigenvalue weighted by atomic mass is 10.0. The highest BCUT2D eigenvalue weighted by Gasteiger charge is 2.11. The van der Waals surface area contributed by atoms with Gasteiger partial charge in [0.15, 0.2) is 62.0 Å². The van der Waals surface area contributed by atoms with E-state index in [2.05, 4.69) is 350 Å². The number of pyridine rings is 6. The SMILES string of the molecule is C(#Cc1cccc(C#CCCC[n+]2cccc3ccccc32)c1)CCC[n+]1cccc2ccccc21.Cc1cc[n+](CCCC#Cc2cccc(C#CCCC[n+]3ccc(C)c(C)c3)c2)cc1C.Cc1cc[n+](CCCCCc2cccc(CCCCC[n+]3ccc(C)c(C)c3)c2)cc1C.[Br-].[Br-].[Br-].[Br-].[Br-].[Br-]. The summed E-state index contributed by atoms with van der Waals surface area (Å²) in [4.78, 5) is 0. The molecule has 0 radical (unpaired) electrons. The third-order valence-electron chi connectivity index (χ3n) is 18.8. The molecule has 0 fully saturated rings. The van der Waals surface area contributed by atoms with Crippen LogP contribution in [-0.4, -0.2) is 0 Å². The largest absolute Gasteiger partial charge is 1.00 e. The van der Waals surface area contributed by atoms with Crippen LogP contribution < -0.4 is 129 Å². The van der Waals surface area contributed by atoms with Crippen molar-refractivity contribution in [2.45, 2.75) is 197 Å². The number of aryl methyl sites for hydroxylation is 16. The Bertz CT molecular complexity index is 4450. The standard InChI is InChI=1S/C34H30N2.C30H42N2.C30H34N2.6BrH/c1(9-24-35-26-12-20-31-18-5-7-22-33(31)35)3-14-29-16-11-17-30(28-29)15-4-2-10-25-36-27-13-21-32-19-6-8-23-34(32)36;2*1-25-16-20-31(23-27(25)3)18-9-5-7-12-29-14-11-15-30(22-29)13-8-6-10-19-32-21-17-26(2)28(4)24-32;;;;;;/h5-8,11-13,16-23,26-28H,1-2,9-10,24-25H2;11,14-17,20-24H,5-10,12-13,18-19H2,1-4H3;11,14-17,20-24H,5-6,9-10,18-19H2,1-4H3;6*1H/q3*+2;;;;;;/p-6. The Kier molecular flexibility index (Phi) is 45.4. The quantitative estimate of drug-likeness (QED) is 0.0454. The number of aromatic nitrogens is 6. The topological polar surface area (TPSA) is 23.3 Å². The molecule has 6 aromatic heterocycles. The van der Waals surface area contributed by atoms with Crippen LogP contribution in [0.15, 0.2) is 232 Å². The first-order valence-electron chi connectivity index (χ1n) is 36.7. The van der Waals surface area contributed by atoms with E-state index in [1.807, 2.05) is 12.1 Å². The Morgan fingerprint density at radius 1 is 0.245 bits per heavy atom. The summed E-state index contributed by atoms with van der Waals surface area (Å²) in [7, 11) is 0. The fourth-order valence-corrected chi connectivity index (χ4v) is 12.2. The number of rotatable bonds is 24. The number of fused-ring (bicyclic) bond motifs is 2. The molecule has 554 valence electrons. The van der Waals surface area contributed by atoms with Crippen molar-refractivity contribution in [1.82, 2.24) is 0 Å². The van der Waals surface area contributed by atoms with E-state index in [0.29, 0.717) is 0 Å². The molecule has 0 bridgehead atoms. The van der Waals surface area contributed by atoms with Gasteiger partial charge in [-0.25, -0.2) is 18.3 Å². The van der Waals surface area contributed by atoms with Crippen molar-refractivity contribution in [2.75, 3.05) is 0 Å². The molecule has 0 aliphatic carbocycles. The highest BCUT2D eigenvalue weighted by molar-refractivity contribution is 5.75. The molecule has 0 aliphatic heterocycles. The van der Waals surface area contributed by atoms with Crippen LogP contribution >= 0.6 is 0 Å². The van der Waals surface area contributed by atoms with E-state index in [9.17, 15) is 0 Å². The van der Waals surface area contributed by atoms with E-state index in [-0.39, 0.29) is 102 Å². The summed E-state index contributed by atoms with van der Waals surface area (Å²) in [5.74, 6) is 26.5. The van der Waals surface area contributed by atoms with Gasteiger partial charge < -0.3 is 102 Å².